The summed E-state index contributed by atoms with van der Waals surface area (Å²) in [5.74, 6) is 0.869. The van der Waals surface area contributed by atoms with Crippen molar-refractivity contribution >= 4 is 55.6 Å². The monoisotopic (exact) mass is 758 g/mol. The molecule has 12 rings (SSSR count). The minimum Gasteiger partial charge on any atom is -0.350 e. The summed E-state index contributed by atoms with van der Waals surface area (Å²) < 4.78 is 4.93. The highest BCUT2D eigenvalue weighted by Gasteiger charge is 2.30. The van der Waals surface area contributed by atoms with Crippen LogP contribution in [0, 0.1) is 0 Å². The number of hydrogen-bond acceptors (Lipinski definition) is 4. The molecule has 0 spiro atoms. The minimum absolute atomic E-state index is 0.188. The van der Waals surface area contributed by atoms with E-state index in [1.54, 1.807) is 0 Å². The second kappa shape index (κ2) is 13.5. The van der Waals surface area contributed by atoms with Gasteiger partial charge in [0.05, 0.1) is 39.3 Å². The third kappa shape index (κ3) is 5.34. The molecule has 2 aromatic heterocycles. The van der Waals surface area contributed by atoms with E-state index in [-0.39, 0.29) is 12.3 Å². The van der Waals surface area contributed by atoms with Gasteiger partial charge in [0.25, 0.3) is 0 Å². The lowest BCUT2D eigenvalue weighted by Crippen LogP contribution is -2.45. The maximum atomic E-state index is 5.16. The van der Waals surface area contributed by atoms with E-state index in [1.165, 1.54) is 32.8 Å². The first-order chi connectivity index (χ1) is 29.3. The van der Waals surface area contributed by atoms with Crippen LogP contribution in [0.2, 0.25) is 0 Å². The van der Waals surface area contributed by atoms with Gasteiger partial charge in [-0.25, -0.2) is 4.99 Å². The van der Waals surface area contributed by atoms with E-state index in [0.29, 0.717) is 0 Å². The van der Waals surface area contributed by atoms with E-state index < -0.39 is 0 Å². The van der Waals surface area contributed by atoms with Gasteiger partial charge in [0, 0.05) is 38.7 Å². The Hall–Kier alpha value is -7.67. The van der Waals surface area contributed by atoms with Crippen LogP contribution in [0.25, 0.3) is 55.3 Å². The first kappa shape index (κ1) is 33.5. The molecule has 0 saturated carbocycles. The number of amidine groups is 1. The summed E-state index contributed by atoms with van der Waals surface area (Å²) in [5, 5.41) is 11.2. The van der Waals surface area contributed by atoms with Gasteiger partial charge >= 0.3 is 0 Å². The van der Waals surface area contributed by atoms with Crippen LogP contribution in [0.5, 0.6) is 0 Å². The fourth-order valence-electron chi connectivity index (χ4n) is 9.30. The maximum Gasteiger partial charge on any atom is 0.131 e. The van der Waals surface area contributed by atoms with Crippen molar-refractivity contribution in [1.29, 1.82) is 0 Å². The minimum atomic E-state index is -0.213. The second-order valence-electron chi connectivity index (χ2n) is 15.3. The molecule has 0 amide bonds. The first-order valence-electron chi connectivity index (χ1n) is 20.2. The molecule has 0 aliphatic carbocycles. The molecule has 0 saturated heterocycles. The van der Waals surface area contributed by atoms with Gasteiger partial charge in [0.2, 0.25) is 0 Å². The maximum absolute atomic E-state index is 5.16. The van der Waals surface area contributed by atoms with Crippen LogP contribution in [-0.4, -0.2) is 15.0 Å². The Morgan fingerprint density at radius 2 is 1.08 bits per heavy atom. The van der Waals surface area contributed by atoms with Gasteiger partial charge in [0.15, 0.2) is 0 Å². The van der Waals surface area contributed by atoms with E-state index in [1.807, 2.05) is 6.07 Å². The number of hydrogen-bond donors (Lipinski definition) is 2. The molecule has 2 aliphatic rings. The highest BCUT2D eigenvalue weighted by atomic mass is 15.3. The van der Waals surface area contributed by atoms with Crippen LogP contribution in [0.15, 0.2) is 211 Å². The highest BCUT2D eigenvalue weighted by molar-refractivity contribution is 6.19. The zero-order valence-corrected chi connectivity index (χ0v) is 32.1. The molecular weight excluding hydrogens is 721 g/mol. The Morgan fingerprint density at radius 1 is 0.441 bits per heavy atom. The Bertz CT molecular complexity index is 3240. The molecule has 2 unspecified atom stereocenters. The van der Waals surface area contributed by atoms with Crippen LogP contribution < -0.4 is 15.5 Å². The second-order valence-corrected chi connectivity index (χ2v) is 15.3. The molecule has 280 valence electrons. The molecule has 6 heteroatoms. The van der Waals surface area contributed by atoms with Crippen molar-refractivity contribution in [3.8, 4) is 22.6 Å². The molecule has 10 aromatic rings. The van der Waals surface area contributed by atoms with Crippen LogP contribution in [0.4, 0.5) is 17.1 Å². The normalized spacial score (nSPS) is 15.9. The van der Waals surface area contributed by atoms with Crippen molar-refractivity contribution in [3.05, 3.63) is 223 Å². The summed E-state index contributed by atoms with van der Waals surface area (Å²) in [6.45, 7) is 0. The number of benzene rings is 8. The quantitative estimate of drug-likeness (QED) is 0.184. The molecule has 0 radical (unpaired) electrons. The van der Waals surface area contributed by atoms with Crippen LogP contribution in [-0.2, 0) is 0 Å². The van der Waals surface area contributed by atoms with Gasteiger partial charge in [-0.15, -0.1) is 0 Å². The van der Waals surface area contributed by atoms with Gasteiger partial charge in [-0.1, -0.05) is 146 Å². The summed E-state index contributed by atoms with van der Waals surface area (Å²) >= 11 is 0. The average Bonchev–Trinajstić information content (AvgIpc) is 3.83. The Balaban J connectivity index is 1.07. The lowest BCUT2D eigenvalue weighted by molar-refractivity contribution is 0.409. The molecule has 2 atom stereocenters. The topological polar surface area (TPSA) is 49.5 Å². The zero-order chi connectivity index (χ0) is 38.9. The molecular formula is C53H38N6. The van der Waals surface area contributed by atoms with E-state index in [9.17, 15) is 0 Å². The fraction of sp³-hybridized carbons (Fsp3) is 0.0377. The third-order valence-corrected chi connectivity index (χ3v) is 11.9. The number of aromatic nitrogens is 2. The zero-order valence-electron chi connectivity index (χ0n) is 32.1. The fourth-order valence-corrected chi connectivity index (χ4v) is 9.30. The third-order valence-electron chi connectivity index (χ3n) is 11.9. The van der Waals surface area contributed by atoms with Crippen LogP contribution in [0.1, 0.15) is 29.0 Å². The van der Waals surface area contributed by atoms with E-state index >= 15 is 0 Å². The number of anilines is 3. The summed E-state index contributed by atoms with van der Waals surface area (Å²) in [7, 11) is 0. The summed E-state index contributed by atoms with van der Waals surface area (Å²) in [6.07, 6.45) is -0.401. The molecule has 59 heavy (non-hydrogen) atoms. The van der Waals surface area contributed by atoms with Gasteiger partial charge < -0.3 is 19.4 Å². The summed E-state index contributed by atoms with van der Waals surface area (Å²) in [5.41, 5.74) is 14.8. The number of para-hydroxylation sites is 5. The number of nitrogens with zero attached hydrogens (tertiary/aromatic N) is 4. The molecule has 4 heterocycles. The van der Waals surface area contributed by atoms with Gasteiger partial charge in [-0.05, 0) is 71.8 Å². The van der Waals surface area contributed by atoms with Crippen LogP contribution >= 0.6 is 0 Å². The molecule has 2 N–H and O–H groups in total. The first-order valence-corrected chi connectivity index (χ1v) is 20.2. The summed E-state index contributed by atoms with van der Waals surface area (Å²) in [4.78, 5) is 7.56. The molecule has 8 aromatic carbocycles. The predicted molar refractivity (Wildman–Crippen MR) is 242 cm³/mol. The van der Waals surface area contributed by atoms with Gasteiger partial charge in [-0.2, -0.15) is 0 Å². The summed E-state index contributed by atoms with van der Waals surface area (Å²) in [6, 6.07) is 74.0. The largest absolute Gasteiger partial charge is 0.350 e. The molecule has 0 fully saturated rings. The highest BCUT2D eigenvalue weighted by Crippen LogP contribution is 2.50. The van der Waals surface area contributed by atoms with E-state index in [0.717, 1.165) is 62.2 Å². The Morgan fingerprint density at radius 3 is 1.92 bits per heavy atom. The number of aliphatic imine (C=N–C) groups is 1. The number of nitrogens with one attached hydrogen (secondary N) is 2. The van der Waals surface area contributed by atoms with Crippen molar-refractivity contribution in [1.82, 2.24) is 19.8 Å². The number of rotatable bonds is 5. The lowest BCUT2D eigenvalue weighted by atomic mass is 10.1. The smallest absolute Gasteiger partial charge is 0.131 e. The van der Waals surface area contributed by atoms with Crippen molar-refractivity contribution in [2.45, 2.75) is 12.3 Å². The van der Waals surface area contributed by atoms with Gasteiger partial charge in [0.1, 0.15) is 18.2 Å². The van der Waals surface area contributed by atoms with Gasteiger partial charge in [-0.3, -0.25) is 5.32 Å². The molecule has 0 bridgehead atoms. The average molecular weight is 759 g/mol. The predicted octanol–water partition coefficient (Wildman–Crippen LogP) is 12.5. The molecule has 6 nitrogen and oxygen atoms in total. The van der Waals surface area contributed by atoms with Crippen molar-refractivity contribution < 1.29 is 0 Å². The van der Waals surface area contributed by atoms with Crippen molar-refractivity contribution in [2.24, 2.45) is 4.99 Å². The van der Waals surface area contributed by atoms with Crippen molar-refractivity contribution in [2.75, 3.05) is 4.90 Å². The lowest BCUT2D eigenvalue weighted by Gasteiger charge is -2.32. The molecule has 2 aliphatic heterocycles. The van der Waals surface area contributed by atoms with Crippen molar-refractivity contribution in [3.63, 3.8) is 0 Å². The SMILES string of the molecule is c1ccc(C2=NC(c3ccccc3)NC(c3cccc(-n4c5ccccc5c5ccc6c(cc7n6-c6ccccc6N(c6ccccc6)c6ccccc6-7)c54)c3)N2)cc1. The Kier molecular flexibility index (Phi) is 7.64. The number of fused-ring (bicyclic) bond motifs is 11. The van der Waals surface area contributed by atoms with E-state index in [2.05, 4.69) is 225 Å². The van der Waals surface area contributed by atoms with Crippen LogP contribution in [0.3, 0.4) is 0 Å². The van der Waals surface area contributed by atoms with E-state index in [4.69, 9.17) is 4.99 Å². The standard InChI is InChI=1S/C53H38N6/c1-4-17-35(18-5-1)51-54-52(36-19-6-2-7-20-36)56-53(55-51)37-21-16-24-39(33-37)58-44-27-12-10-25-40(44)41-31-32-46-43(50(41)58)34-49-42-26-11-13-28-45(42)57(38-22-8-3-9-23-38)47-29-14-15-30-48(47)59(46)49/h1-34,51,53,55H,(H,54,56). The Labute approximate surface area is 341 Å².